The topological polar surface area (TPSA) is 86.1 Å². The molecule has 0 atom stereocenters. The quantitative estimate of drug-likeness (QED) is 0.493. The van der Waals surface area contributed by atoms with Gasteiger partial charge in [-0.3, -0.25) is 9.69 Å². The highest BCUT2D eigenvalue weighted by molar-refractivity contribution is 6.02. The van der Waals surface area contributed by atoms with Crippen LogP contribution in [-0.2, 0) is 17.7 Å². The molecule has 3 aromatic rings. The first-order chi connectivity index (χ1) is 17.1. The van der Waals surface area contributed by atoms with Gasteiger partial charge in [0.15, 0.2) is 11.5 Å². The number of morpholine rings is 1. The average molecular weight is 480 g/mol. The van der Waals surface area contributed by atoms with Gasteiger partial charge < -0.3 is 24.1 Å². The Labute approximate surface area is 206 Å². The van der Waals surface area contributed by atoms with Crippen molar-refractivity contribution in [2.45, 2.75) is 26.8 Å². The van der Waals surface area contributed by atoms with Gasteiger partial charge in [-0.25, -0.2) is 0 Å². The number of rotatable bonds is 9. The first kappa shape index (κ1) is 24.8. The van der Waals surface area contributed by atoms with E-state index < -0.39 is 0 Å². The summed E-state index contributed by atoms with van der Waals surface area (Å²) in [5.74, 6) is 1.54. The lowest BCUT2D eigenvalue weighted by molar-refractivity contribution is 0.0342. The molecule has 0 spiro atoms. The SMILES string of the molecule is CCNC(=O)c1noc(-c2cc(CC)c(OC)cc2OC)c1-c1ccc(CN2CCOCC2)cc1. The first-order valence-corrected chi connectivity index (χ1v) is 12.0. The molecule has 4 rings (SSSR count). The minimum atomic E-state index is -0.280. The van der Waals surface area contributed by atoms with Gasteiger partial charge in [0.05, 0.1) is 38.6 Å². The standard InChI is InChI=1S/C27H33N3O5/c1-5-19-15-21(23(33-4)16-22(19)32-3)26-24(25(29-35-26)27(31)28-6-2)20-9-7-18(8-10-20)17-30-11-13-34-14-12-30/h7-10,15-16H,5-6,11-14,17H2,1-4H3,(H,28,31). The summed E-state index contributed by atoms with van der Waals surface area (Å²) in [5, 5.41) is 7.02. The monoisotopic (exact) mass is 479 g/mol. The number of nitrogens with zero attached hydrogens (tertiary/aromatic N) is 2. The van der Waals surface area contributed by atoms with Gasteiger partial charge in [0.2, 0.25) is 0 Å². The third-order valence-electron chi connectivity index (χ3n) is 6.23. The number of hydrogen-bond donors (Lipinski definition) is 1. The van der Waals surface area contributed by atoms with Crippen molar-refractivity contribution in [1.82, 2.24) is 15.4 Å². The first-order valence-electron chi connectivity index (χ1n) is 12.0. The molecule has 1 N–H and O–H groups in total. The summed E-state index contributed by atoms with van der Waals surface area (Å²) in [6, 6.07) is 12.0. The van der Waals surface area contributed by atoms with Crippen molar-refractivity contribution in [2.75, 3.05) is 47.1 Å². The van der Waals surface area contributed by atoms with Crippen LogP contribution in [0.15, 0.2) is 40.9 Å². The van der Waals surface area contributed by atoms with E-state index in [1.165, 1.54) is 5.56 Å². The highest BCUT2D eigenvalue weighted by atomic mass is 16.5. The Hall–Kier alpha value is -3.36. The van der Waals surface area contributed by atoms with Crippen molar-refractivity contribution in [3.8, 4) is 33.9 Å². The molecule has 8 nitrogen and oxygen atoms in total. The number of ether oxygens (including phenoxy) is 3. The van der Waals surface area contributed by atoms with Crippen LogP contribution in [0, 0.1) is 0 Å². The van der Waals surface area contributed by atoms with E-state index in [1.807, 2.05) is 31.2 Å². The van der Waals surface area contributed by atoms with Crippen molar-refractivity contribution < 1.29 is 23.5 Å². The summed E-state index contributed by atoms with van der Waals surface area (Å²) in [5.41, 5.74) is 4.66. The Kier molecular flexibility index (Phi) is 8.05. The molecule has 0 saturated carbocycles. The van der Waals surface area contributed by atoms with Crippen LogP contribution in [0.5, 0.6) is 11.5 Å². The molecule has 1 amide bonds. The second-order valence-corrected chi connectivity index (χ2v) is 8.40. The number of methoxy groups -OCH3 is 2. The van der Waals surface area contributed by atoms with Crippen molar-refractivity contribution in [3.05, 3.63) is 53.2 Å². The fourth-order valence-corrected chi connectivity index (χ4v) is 4.35. The lowest BCUT2D eigenvalue weighted by Gasteiger charge is -2.26. The highest BCUT2D eigenvalue weighted by Crippen LogP contribution is 2.42. The Morgan fingerprint density at radius 2 is 1.77 bits per heavy atom. The van der Waals surface area contributed by atoms with Crippen LogP contribution < -0.4 is 14.8 Å². The maximum absolute atomic E-state index is 12.9. The maximum atomic E-state index is 12.9. The highest BCUT2D eigenvalue weighted by Gasteiger charge is 2.27. The zero-order valence-electron chi connectivity index (χ0n) is 20.8. The van der Waals surface area contributed by atoms with Crippen molar-refractivity contribution in [1.29, 1.82) is 0 Å². The Morgan fingerprint density at radius 1 is 1.06 bits per heavy atom. The van der Waals surface area contributed by atoms with Gasteiger partial charge in [-0.2, -0.15) is 0 Å². The molecular weight excluding hydrogens is 446 g/mol. The predicted octanol–water partition coefficient (Wildman–Crippen LogP) is 4.17. The van der Waals surface area contributed by atoms with Crippen molar-refractivity contribution in [3.63, 3.8) is 0 Å². The zero-order valence-corrected chi connectivity index (χ0v) is 20.8. The molecule has 0 bridgehead atoms. The van der Waals surface area contributed by atoms with E-state index in [0.717, 1.165) is 61.7 Å². The summed E-state index contributed by atoms with van der Waals surface area (Å²) in [6.45, 7) is 8.66. The number of carbonyl (C=O) groups excluding carboxylic acids is 1. The number of aromatic nitrogens is 1. The van der Waals surface area contributed by atoms with E-state index in [4.69, 9.17) is 18.7 Å². The van der Waals surface area contributed by atoms with Gasteiger partial charge in [-0.05, 0) is 36.1 Å². The number of nitrogens with one attached hydrogen (secondary N) is 1. The van der Waals surface area contributed by atoms with Gasteiger partial charge in [0.25, 0.3) is 5.91 Å². The molecule has 0 unspecified atom stereocenters. The smallest absolute Gasteiger partial charge is 0.274 e. The zero-order chi connectivity index (χ0) is 24.8. The second-order valence-electron chi connectivity index (χ2n) is 8.40. The molecule has 35 heavy (non-hydrogen) atoms. The van der Waals surface area contributed by atoms with E-state index >= 15 is 0 Å². The minimum Gasteiger partial charge on any atom is -0.496 e. The number of hydrogen-bond acceptors (Lipinski definition) is 7. The number of aryl methyl sites for hydroxylation is 1. The van der Waals surface area contributed by atoms with Crippen LogP contribution in [0.3, 0.4) is 0 Å². The van der Waals surface area contributed by atoms with Gasteiger partial charge >= 0.3 is 0 Å². The summed E-state index contributed by atoms with van der Waals surface area (Å²) in [6.07, 6.45) is 0.767. The molecule has 2 aromatic carbocycles. The lowest BCUT2D eigenvalue weighted by Crippen LogP contribution is -2.35. The molecule has 1 aromatic heterocycles. The third kappa shape index (κ3) is 5.33. The molecule has 1 aliphatic heterocycles. The predicted molar refractivity (Wildman–Crippen MR) is 134 cm³/mol. The molecule has 1 aliphatic rings. The summed E-state index contributed by atoms with van der Waals surface area (Å²) < 4.78 is 22.5. The van der Waals surface area contributed by atoms with E-state index in [9.17, 15) is 4.79 Å². The normalized spacial score (nSPS) is 14.1. The molecule has 8 heteroatoms. The molecule has 0 aliphatic carbocycles. The lowest BCUT2D eigenvalue weighted by atomic mass is 9.96. The number of benzene rings is 2. The van der Waals surface area contributed by atoms with E-state index in [-0.39, 0.29) is 11.6 Å². The second kappa shape index (κ2) is 11.4. The van der Waals surface area contributed by atoms with Crippen LogP contribution in [0.25, 0.3) is 22.5 Å². The molecular formula is C27H33N3O5. The van der Waals surface area contributed by atoms with Crippen LogP contribution >= 0.6 is 0 Å². The number of carbonyl (C=O) groups is 1. The van der Waals surface area contributed by atoms with Crippen LogP contribution in [0.4, 0.5) is 0 Å². The minimum absolute atomic E-state index is 0.249. The van der Waals surface area contributed by atoms with Gasteiger partial charge in [0, 0.05) is 32.2 Å². The third-order valence-corrected chi connectivity index (χ3v) is 6.23. The number of amides is 1. The largest absolute Gasteiger partial charge is 0.496 e. The fourth-order valence-electron chi connectivity index (χ4n) is 4.35. The molecule has 1 fully saturated rings. The van der Waals surface area contributed by atoms with Crippen LogP contribution in [0.2, 0.25) is 0 Å². The van der Waals surface area contributed by atoms with Gasteiger partial charge in [-0.1, -0.05) is 36.3 Å². The van der Waals surface area contributed by atoms with E-state index in [0.29, 0.717) is 23.6 Å². The fraction of sp³-hybridized carbons (Fsp3) is 0.407. The maximum Gasteiger partial charge on any atom is 0.274 e. The molecule has 186 valence electrons. The van der Waals surface area contributed by atoms with Crippen molar-refractivity contribution >= 4 is 5.91 Å². The van der Waals surface area contributed by atoms with Crippen LogP contribution in [0.1, 0.15) is 35.5 Å². The molecule has 2 heterocycles. The summed E-state index contributed by atoms with van der Waals surface area (Å²) >= 11 is 0. The summed E-state index contributed by atoms with van der Waals surface area (Å²) in [4.78, 5) is 15.3. The van der Waals surface area contributed by atoms with Gasteiger partial charge in [0.1, 0.15) is 11.5 Å². The van der Waals surface area contributed by atoms with Crippen molar-refractivity contribution in [2.24, 2.45) is 0 Å². The summed E-state index contributed by atoms with van der Waals surface area (Å²) in [7, 11) is 3.24. The molecule has 0 radical (unpaired) electrons. The van der Waals surface area contributed by atoms with E-state index in [1.54, 1.807) is 14.2 Å². The Balaban J connectivity index is 1.78. The van der Waals surface area contributed by atoms with E-state index in [2.05, 4.69) is 34.4 Å². The Bertz CT molecular complexity index is 1150. The van der Waals surface area contributed by atoms with Gasteiger partial charge in [-0.15, -0.1) is 0 Å². The Morgan fingerprint density at radius 3 is 2.40 bits per heavy atom. The average Bonchev–Trinajstić information content (AvgIpc) is 3.34. The molecule has 1 saturated heterocycles. The van der Waals surface area contributed by atoms with Crippen LogP contribution in [-0.4, -0.2) is 63.0 Å².